The molecule has 1 aromatic carbocycles. The van der Waals surface area contributed by atoms with Crippen molar-refractivity contribution < 1.29 is 0 Å². The van der Waals surface area contributed by atoms with E-state index in [4.69, 9.17) is 12.2 Å². The Morgan fingerprint density at radius 3 is 2.53 bits per heavy atom. The zero-order valence-electron chi connectivity index (χ0n) is 11.4. The summed E-state index contributed by atoms with van der Waals surface area (Å²) in [5.41, 5.74) is 1.24. The maximum absolute atomic E-state index is 5.33. The Kier molecular flexibility index (Phi) is 5.21. The third kappa shape index (κ3) is 4.24. The Morgan fingerprint density at radius 1 is 1.21 bits per heavy atom. The van der Waals surface area contributed by atoms with Crippen LogP contribution in [0, 0.1) is 0 Å². The molecule has 1 saturated heterocycles. The van der Waals surface area contributed by atoms with Crippen molar-refractivity contribution in [2.75, 3.05) is 32.7 Å². The first-order chi connectivity index (χ1) is 9.29. The number of hydrogen-bond donors (Lipinski definition) is 1. The third-order valence-electron chi connectivity index (χ3n) is 3.21. The van der Waals surface area contributed by atoms with Crippen molar-refractivity contribution in [2.45, 2.75) is 6.92 Å². The maximum Gasteiger partial charge on any atom is 0.169 e. The van der Waals surface area contributed by atoms with Crippen LogP contribution in [0.15, 0.2) is 36.5 Å². The number of thiocarbonyl (C=S) groups is 1. The van der Waals surface area contributed by atoms with Crippen LogP contribution >= 0.6 is 12.2 Å². The minimum atomic E-state index is 0.884. The summed E-state index contributed by atoms with van der Waals surface area (Å²) in [6, 6.07) is 10.4. The van der Waals surface area contributed by atoms with Gasteiger partial charge in [-0.15, -0.1) is 0 Å². The number of hydrogen-bond acceptors (Lipinski definition) is 2. The second-order valence-corrected chi connectivity index (χ2v) is 4.97. The molecule has 2 rings (SSSR count). The highest BCUT2D eigenvalue weighted by atomic mass is 32.1. The molecule has 1 aliphatic rings. The van der Waals surface area contributed by atoms with Gasteiger partial charge in [0.05, 0.1) is 0 Å². The monoisotopic (exact) mass is 275 g/mol. The molecule has 0 atom stereocenters. The van der Waals surface area contributed by atoms with Gasteiger partial charge in [0.2, 0.25) is 0 Å². The molecular weight excluding hydrogens is 254 g/mol. The van der Waals surface area contributed by atoms with E-state index in [-0.39, 0.29) is 0 Å². The van der Waals surface area contributed by atoms with E-state index in [0.717, 1.165) is 37.8 Å². The lowest BCUT2D eigenvalue weighted by molar-refractivity contribution is 0.237. The largest absolute Gasteiger partial charge is 0.374 e. The van der Waals surface area contributed by atoms with E-state index in [9.17, 15) is 0 Å². The van der Waals surface area contributed by atoms with E-state index in [0.29, 0.717) is 0 Å². The van der Waals surface area contributed by atoms with Crippen LogP contribution in [0.3, 0.4) is 0 Å². The van der Waals surface area contributed by atoms with Crippen LogP contribution in [-0.2, 0) is 0 Å². The summed E-state index contributed by atoms with van der Waals surface area (Å²) in [4.78, 5) is 4.59. The minimum Gasteiger partial charge on any atom is -0.374 e. The molecule has 1 aliphatic heterocycles. The van der Waals surface area contributed by atoms with Gasteiger partial charge in [0, 0.05) is 32.7 Å². The number of benzene rings is 1. The predicted octanol–water partition coefficient (Wildman–Crippen LogP) is 2.17. The minimum absolute atomic E-state index is 0.884. The van der Waals surface area contributed by atoms with E-state index in [1.54, 1.807) is 0 Å². The summed E-state index contributed by atoms with van der Waals surface area (Å²) in [6.45, 7) is 7.00. The van der Waals surface area contributed by atoms with Gasteiger partial charge in [0.25, 0.3) is 0 Å². The first kappa shape index (κ1) is 13.9. The van der Waals surface area contributed by atoms with Crippen LogP contribution in [0.5, 0.6) is 0 Å². The highest BCUT2D eigenvalue weighted by Gasteiger charge is 2.15. The fourth-order valence-corrected chi connectivity index (χ4v) is 2.42. The first-order valence-corrected chi connectivity index (χ1v) is 7.20. The number of rotatable bonds is 3. The molecule has 0 aromatic heterocycles. The van der Waals surface area contributed by atoms with Gasteiger partial charge < -0.3 is 15.1 Å². The van der Waals surface area contributed by atoms with Crippen molar-refractivity contribution in [1.82, 2.24) is 15.1 Å². The molecule has 4 heteroatoms. The summed E-state index contributed by atoms with van der Waals surface area (Å²) in [7, 11) is 0. The van der Waals surface area contributed by atoms with Crippen molar-refractivity contribution in [1.29, 1.82) is 0 Å². The van der Waals surface area contributed by atoms with Gasteiger partial charge >= 0.3 is 0 Å². The molecule has 0 bridgehead atoms. The second-order valence-electron chi connectivity index (χ2n) is 4.58. The molecule has 1 aromatic rings. The normalized spacial score (nSPS) is 15.8. The highest BCUT2D eigenvalue weighted by molar-refractivity contribution is 7.80. The molecule has 1 fully saturated rings. The van der Waals surface area contributed by atoms with Crippen LogP contribution in [-0.4, -0.2) is 47.6 Å². The summed E-state index contributed by atoms with van der Waals surface area (Å²) < 4.78 is 0. The highest BCUT2D eigenvalue weighted by Crippen LogP contribution is 2.06. The summed E-state index contributed by atoms with van der Waals surface area (Å²) in [6.07, 6.45) is 4.35. The van der Waals surface area contributed by atoms with Gasteiger partial charge in [0.1, 0.15) is 0 Å². The lowest BCUT2D eigenvalue weighted by Gasteiger charge is -2.35. The standard InChI is InChI=1S/C15H21N3S/c1-2-16-15(19)18-12-10-17(11-13-18)9-8-14-6-4-3-5-7-14/h3-9H,2,10-13H2,1H3,(H,16,19)/b9-8+. The van der Waals surface area contributed by atoms with Crippen molar-refractivity contribution >= 4 is 23.4 Å². The van der Waals surface area contributed by atoms with Gasteiger partial charge in [-0.3, -0.25) is 0 Å². The van der Waals surface area contributed by atoms with Crippen LogP contribution in [0.25, 0.3) is 6.08 Å². The van der Waals surface area contributed by atoms with E-state index < -0.39 is 0 Å². The van der Waals surface area contributed by atoms with Crippen molar-refractivity contribution in [3.63, 3.8) is 0 Å². The SMILES string of the molecule is CCNC(=S)N1CCN(/C=C/c2ccccc2)CC1. The van der Waals surface area contributed by atoms with Crippen molar-refractivity contribution in [2.24, 2.45) is 0 Å². The zero-order chi connectivity index (χ0) is 13.5. The third-order valence-corrected chi connectivity index (χ3v) is 3.61. The Bertz CT molecular complexity index is 422. The molecule has 1 N–H and O–H groups in total. The number of piperazine rings is 1. The molecule has 0 spiro atoms. The van der Waals surface area contributed by atoms with E-state index in [1.165, 1.54) is 5.56 Å². The van der Waals surface area contributed by atoms with Crippen LogP contribution < -0.4 is 5.32 Å². The van der Waals surface area contributed by atoms with Gasteiger partial charge in [-0.05, 0) is 37.0 Å². The smallest absolute Gasteiger partial charge is 0.169 e. The average molecular weight is 275 g/mol. The topological polar surface area (TPSA) is 18.5 Å². The summed E-state index contributed by atoms with van der Waals surface area (Å²) >= 11 is 5.33. The fourth-order valence-electron chi connectivity index (χ4n) is 2.09. The van der Waals surface area contributed by atoms with Crippen LogP contribution in [0.1, 0.15) is 12.5 Å². The molecule has 3 nitrogen and oxygen atoms in total. The Labute approximate surface area is 120 Å². The molecule has 0 aliphatic carbocycles. The van der Waals surface area contributed by atoms with Crippen LogP contribution in [0.2, 0.25) is 0 Å². The van der Waals surface area contributed by atoms with Gasteiger partial charge in [0.15, 0.2) is 5.11 Å². The number of nitrogens with zero attached hydrogens (tertiary/aromatic N) is 2. The maximum atomic E-state index is 5.33. The lowest BCUT2D eigenvalue weighted by Crippen LogP contribution is -2.50. The Balaban J connectivity index is 1.80. The molecule has 0 radical (unpaired) electrons. The number of nitrogens with one attached hydrogen (secondary N) is 1. The Morgan fingerprint density at radius 2 is 1.89 bits per heavy atom. The predicted molar refractivity (Wildman–Crippen MR) is 84.9 cm³/mol. The van der Waals surface area contributed by atoms with Crippen molar-refractivity contribution in [3.05, 3.63) is 42.1 Å². The average Bonchev–Trinajstić information content (AvgIpc) is 2.47. The first-order valence-electron chi connectivity index (χ1n) is 6.79. The second kappa shape index (κ2) is 7.14. The summed E-state index contributed by atoms with van der Waals surface area (Å²) in [5, 5.41) is 4.09. The molecule has 0 unspecified atom stereocenters. The quantitative estimate of drug-likeness (QED) is 0.852. The van der Waals surface area contributed by atoms with Gasteiger partial charge in [-0.2, -0.15) is 0 Å². The lowest BCUT2D eigenvalue weighted by atomic mass is 10.2. The molecule has 0 saturated carbocycles. The Hall–Kier alpha value is -1.55. The molecule has 0 amide bonds. The zero-order valence-corrected chi connectivity index (χ0v) is 12.2. The van der Waals surface area contributed by atoms with Crippen LogP contribution in [0.4, 0.5) is 0 Å². The van der Waals surface area contributed by atoms with E-state index in [2.05, 4.69) is 58.6 Å². The van der Waals surface area contributed by atoms with Gasteiger partial charge in [-0.1, -0.05) is 30.3 Å². The van der Waals surface area contributed by atoms with Gasteiger partial charge in [-0.25, -0.2) is 0 Å². The van der Waals surface area contributed by atoms with E-state index in [1.807, 2.05) is 6.07 Å². The molecule has 102 valence electrons. The van der Waals surface area contributed by atoms with E-state index >= 15 is 0 Å². The molecular formula is C15H21N3S. The fraction of sp³-hybridized carbons (Fsp3) is 0.400. The molecule has 19 heavy (non-hydrogen) atoms. The molecule has 1 heterocycles. The summed E-state index contributed by atoms with van der Waals surface area (Å²) in [5.74, 6) is 0. The van der Waals surface area contributed by atoms with Crippen molar-refractivity contribution in [3.8, 4) is 0 Å².